The molecule has 134 valence electrons. The molecule has 2 amide bonds. The third-order valence-corrected chi connectivity index (χ3v) is 3.45. The highest BCUT2D eigenvalue weighted by atomic mass is 16.6. The summed E-state index contributed by atoms with van der Waals surface area (Å²) in [5.74, 6) is -1.05. The molecule has 2 rings (SSSR count). The van der Waals surface area contributed by atoms with Crippen LogP contribution in [0.1, 0.15) is 22.8 Å². The van der Waals surface area contributed by atoms with E-state index in [0.29, 0.717) is 11.4 Å². The van der Waals surface area contributed by atoms with Gasteiger partial charge in [-0.1, -0.05) is 6.07 Å². The van der Waals surface area contributed by atoms with Gasteiger partial charge in [-0.15, -0.1) is 0 Å². The number of nitro groups is 2. The van der Waals surface area contributed by atoms with Gasteiger partial charge in [0.05, 0.1) is 15.4 Å². The van der Waals surface area contributed by atoms with Crippen LogP contribution in [-0.4, -0.2) is 21.7 Å². The number of nitrogens with one attached hydrogen (secondary N) is 2. The largest absolute Gasteiger partial charge is 0.326 e. The van der Waals surface area contributed by atoms with E-state index in [-0.39, 0.29) is 17.0 Å². The summed E-state index contributed by atoms with van der Waals surface area (Å²) in [5.41, 5.74) is -0.640. The lowest BCUT2D eigenvalue weighted by Gasteiger charge is -2.08. The Kier molecular flexibility index (Phi) is 5.26. The van der Waals surface area contributed by atoms with E-state index in [0.717, 1.165) is 12.1 Å². The number of nitro benzene ring substituents is 2. The first kappa shape index (κ1) is 18.5. The second-order valence-electron chi connectivity index (χ2n) is 5.37. The van der Waals surface area contributed by atoms with E-state index >= 15 is 0 Å². The van der Waals surface area contributed by atoms with E-state index in [1.165, 1.54) is 19.9 Å². The molecule has 0 aliphatic rings. The summed E-state index contributed by atoms with van der Waals surface area (Å²) in [6, 6.07) is 8.18. The monoisotopic (exact) mass is 358 g/mol. The first-order valence-corrected chi connectivity index (χ1v) is 7.31. The van der Waals surface area contributed by atoms with Crippen molar-refractivity contribution in [3.05, 3.63) is 67.8 Å². The molecule has 0 aromatic heterocycles. The minimum atomic E-state index is -0.781. The maximum absolute atomic E-state index is 12.4. The van der Waals surface area contributed by atoms with Crippen molar-refractivity contribution in [1.29, 1.82) is 0 Å². The fourth-order valence-corrected chi connectivity index (χ4v) is 2.28. The van der Waals surface area contributed by atoms with Gasteiger partial charge in [0.1, 0.15) is 5.56 Å². The van der Waals surface area contributed by atoms with Crippen LogP contribution in [0.5, 0.6) is 0 Å². The third kappa shape index (κ3) is 4.17. The molecule has 0 spiro atoms. The number of anilines is 2. The highest BCUT2D eigenvalue weighted by Crippen LogP contribution is 2.29. The van der Waals surface area contributed by atoms with E-state index in [1.807, 2.05) is 0 Å². The Bertz CT molecular complexity index is 890. The van der Waals surface area contributed by atoms with Gasteiger partial charge in [-0.3, -0.25) is 29.8 Å². The Hall–Kier alpha value is -3.82. The zero-order valence-electron chi connectivity index (χ0n) is 13.8. The first-order chi connectivity index (χ1) is 12.2. The maximum Gasteiger partial charge on any atom is 0.279 e. The van der Waals surface area contributed by atoms with Gasteiger partial charge in [-0.25, -0.2) is 0 Å². The molecule has 2 aromatic carbocycles. The second-order valence-corrected chi connectivity index (χ2v) is 5.37. The van der Waals surface area contributed by atoms with Gasteiger partial charge in [0.2, 0.25) is 5.91 Å². The first-order valence-electron chi connectivity index (χ1n) is 7.31. The highest BCUT2D eigenvalue weighted by Gasteiger charge is 2.25. The summed E-state index contributed by atoms with van der Waals surface area (Å²) in [6.07, 6.45) is 0. The van der Waals surface area contributed by atoms with Crippen LogP contribution in [0.25, 0.3) is 0 Å². The van der Waals surface area contributed by atoms with Crippen LogP contribution >= 0.6 is 0 Å². The zero-order chi connectivity index (χ0) is 19.4. The molecular formula is C16H14N4O6. The molecule has 0 saturated heterocycles. The summed E-state index contributed by atoms with van der Waals surface area (Å²) in [7, 11) is 0. The number of carbonyl (C=O) groups is 2. The molecule has 0 unspecified atom stereocenters. The predicted octanol–water partition coefficient (Wildman–Crippen LogP) is 3.02. The van der Waals surface area contributed by atoms with Crippen LogP contribution < -0.4 is 10.6 Å². The smallest absolute Gasteiger partial charge is 0.279 e. The van der Waals surface area contributed by atoms with Crippen molar-refractivity contribution in [2.24, 2.45) is 0 Å². The van der Waals surface area contributed by atoms with Crippen LogP contribution in [0.2, 0.25) is 0 Å². The lowest BCUT2D eigenvalue weighted by Crippen LogP contribution is -2.14. The van der Waals surface area contributed by atoms with Crippen LogP contribution in [0, 0.1) is 27.2 Å². The zero-order valence-corrected chi connectivity index (χ0v) is 13.8. The van der Waals surface area contributed by atoms with Crippen LogP contribution in [-0.2, 0) is 4.79 Å². The second kappa shape index (κ2) is 7.38. The van der Waals surface area contributed by atoms with Gasteiger partial charge in [0, 0.05) is 30.4 Å². The fourth-order valence-electron chi connectivity index (χ4n) is 2.28. The van der Waals surface area contributed by atoms with Crippen LogP contribution in [0.3, 0.4) is 0 Å². The Labute approximate surface area is 147 Å². The molecule has 2 N–H and O–H groups in total. The lowest BCUT2D eigenvalue weighted by atomic mass is 10.1. The van der Waals surface area contributed by atoms with Crippen molar-refractivity contribution in [3.63, 3.8) is 0 Å². The Morgan fingerprint density at radius 2 is 1.42 bits per heavy atom. The van der Waals surface area contributed by atoms with Gasteiger partial charge in [0.15, 0.2) is 0 Å². The normalized spacial score (nSPS) is 10.1. The van der Waals surface area contributed by atoms with Gasteiger partial charge >= 0.3 is 0 Å². The molecule has 0 fully saturated rings. The van der Waals surface area contributed by atoms with Gasteiger partial charge in [-0.05, 0) is 25.1 Å². The van der Waals surface area contributed by atoms with E-state index in [1.54, 1.807) is 18.2 Å². The highest BCUT2D eigenvalue weighted by molar-refractivity contribution is 6.05. The molecular weight excluding hydrogens is 344 g/mol. The van der Waals surface area contributed by atoms with Gasteiger partial charge < -0.3 is 10.6 Å². The number of hydrogen-bond donors (Lipinski definition) is 2. The topological polar surface area (TPSA) is 144 Å². The summed E-state index contributed by atoms with van der Waals surface area (Å²) in [4.78, 5) is 44.1. The predicted molar refractivity (Wildman–Crippen MR) is 93.2 cm³/mol. The molecule has 26 heavy (non-hydrogen) atoms. The SMILES string of the molecule is CC(=O)Nc1cccc(NC(=O)c2cc([N+](=O)[O-])c(C)c([N+](=O)[O-])c2)c1. The van der Waals surface area contributed by atoms with Crippen molar-refractivity contribution in [2.45, 2.75) is 13.8 Å². The Morgan fingerprint density at radius 3 is 1.88 bits per heavy atom. The number of rotatable bonds is 5. The van der Waals surface area contributed by atoms with Crippen molar-refractivity contribution < 1.29 is 19.4 Å². The number of hydrogen-bond acceptors (Lipinski definition) is 6. The molecule has 0 atom stereocenters. The average molecular weight is 358 g/mol. The number of benzene rings is 2. The van der Waals surface area contributed by atoms with E-state index < -0.39 is 27.1 Å². The number of nitrogens with zero attached hydrogens (tertiary/aromatic N) is 2. The summed E-state index contributed by atoms with van der Waals surface area (Å²) in [5, 5.41) is 27.2. The molecule has 0 heterocycles. The van der Waals surface area contributed by atoms with Crippen molar-refractivity contribution >= 4 is 34.6 Å². The molecule has 0 radical (unpaired) electrons. The minimum Gasteiger partial charge on any atom is -0.326 e. The molecule has 0 bridgehead atoms. The summed E-state index contributed by atoms with van der Waals surface area (Å²) < 4.78 is 0. The minimum absolute atomic E-state index is 0.135. The average Bonchev–Trinajstić information content (AvgIpc) is 2.54. The lowest BCUT2D eigenvalue weighted by molar-refractivity contribution is -0.395. The molecule has 0 saturated carbocycles. The molecule has 10 heteroatoms. The molecule has 0 aliphatic heterocycles. The Balaban J connectivity index is 2.36. The van der Waals surface area contributed by atoms with Crippen molar-refractivity contribution in [1.82, 2.24) is 0 Å². The number of carbonyl (C=O) groups excluding carboxylic acids is 2. The van der Waals surface area contributed by atoms with Crippen LogP contribution in [0.4, 0.5) is 22.7 Å². The van der Waals surface area contributed by atoms with Crippen LogP contribution in [0.15, 0.2) is 36.4 Å². The van der Waals surface area contributed by atoms with Gasteiger partial charge in [-0.2, -0.15) is 0 Å². The fraction of sp³-hybridized carbons (Fsp3) is 0.125. The van der Waals surface area contributed by atoms with Crippen molar-refractivity contribution in [3.8, 4) is 0 Å². The molecule has 2 aromatic rings. The van der Waals surface area contributed by atoms with Crippen molar-refractivity contribution in [2.75, 3.05) is 10.6 Å². The summed E-state index contributed by atoms with van der Waals surface area (Å²) in [6.45, 7) is 2.57. The van der Waals surface area contributed by atoms with E-state index in [2.05, 4.69) is 10.6 Å². The molecule has 10 nitrogen and oxygen atoms in total. The Morgan fingerprint density at radius 1 is 0.923 bits per heavy atom. The van der Waals surface area contributed by atoms with E-state index in [4.69, 9.17) is 0 Å². The quantitative estimate of drug-likeness (QED) is 0.621. The third-order valence-electron chi connectivity index (χ3n) is 3.45. The number of amides is 2. The summed E-state index contributed by atoms with van der Waals surface area (Å²) >= 11 is 0. The van der Waals surface area contributed by atoms with E-state index in [9.17, 15) is 29.8 Å². The molecule has 0 aliphatic carbocycles. The maximum atomic E-state index is 12.4. The standard InChI is InChI=1S/C16H14N4O6/c1-9-14(19(23)24)6-11(7-15(9)20(25)26)16(22)18-13-5-3-4-12(8-13)17-10(2)21/h3-8H,1-2H3,(H,17,21)(H,18,22). The van der Waals surface area contributed by atoms with Gasteiger partial charge in [0.25, 0.3) is 17.3 Å².